The number of alkyl halides is 3. The fourth-order valence-electron chi connectivity index (χ4n) is 1.08. The standard InChI is InChI=1S/C10H10F3N3S/c1-14-9(17)16-15-6-7-4-2-3-5-8(7)10(11,12)13/h2-6H,1H3,(H2,14,16,17)/b15-6-. The van der Waals surface area contributed by atoms with E-state index in [-0.39, 0.29) is 10.7 Å². The van der Waals surface area contributed by atoms with Gasteiger partial charge < -0.3 is 5.32 Å². The van der Waals surface area contributed by atoms with Crippen molar-refractivity contribution in [2.45, 2.75) is 6.18 Å². The van der Waals surface area contributed by atoms with Crippen LogP contribution in [0.4, 0.5) is 13.2 Å². The van der Waals surface area contributed by atoms with Gasteiger partial charge in [0.25, 0.3) is 0 Å². The molecular weight excluding hydrogens is 251 g/mol. The second-order valence-corrected chi connectivity index (χ2v) is 3.44. The second-order valence-electron chi connectivity index (χ2n) is 3.03. The van der Waals surface area contributed by atoms with Crippen molar-refractivity contribution in [3.8, 4) is 0 Å². The first-order valence-electron chi connectivity index (χ1n) is 4.62. The smallest absolute Gasteiger partial charge is 0.364 e. The number of hydrogen-bond acceptors (Lipinski definition) is 2. The first kappa shape index (κ1) is 13.4. The van der Waals surface area contributed by atoms with E-state index in [1.807, 2.05) is 0 Å². The van der Waals surface area contributed by atoms with Gasteiger partial charge in [-0.05, 0) is 18.3 Å². The number of nitrogens with one attached hydrogen (secondary N) is 2. The van der Waals surface area contributed by atoms with Crippen LogP contribution in [0.3, 0.4) is 0 Å². The third-order valence-electron chi connectivity index (χ3n) is 1.86. The highest BCUT2D eigenvalue weighted by atomic mass is 32.1. The number of hydrazone groups is 1. The SMILES string of the molecule is CNC(=S)N/N=C\c1ccccc1C(F)(F)F. The van der Waals surface area contributed by atoms with Gasteiger partial charge in [-0.15, -0.1) is 0 Å². The van der Waals surface area contributed by atoms with Crippen molar-refractivity contribution < 1.29 is 13.2 Å². The molecule has 0 aliphatic heterocycles. The predicted octanol–water partition coefficient (Wildman–Crippen LogP) is 2.13. The molecule has 3 nitrogen and oxygen atoms in total. The first-order chi connectivity index (χ1) is 7.95. The van der Waals surface area contributed by atoms with Gasteiger partial charge in [0.15, 0.2) is 5.11 Å². The molecule has 1 aromatic rings. The highest BCUT2D eigenvalue weighted by molar-refractivity contribution is 7.80. The van der Waals surface area contributed by atoms with Crippen LogP contribution in [0.25, 0.3) is 0 Å². The van der Waals surface area contributed by atoms with E-state index < -0.39 is 11.7 Å². The lowest BCUT2D eigenvalue weighted by Crippen LogP contribution is -2.28. The summed E-state index contributed by atoms with van der Waals surface area (Å²) in [5.41, 5.74) is 1.62. The summed E-state index contributed by atoms with van der Waals surface area (Å²) < 4.78 is 37.7. The molecule has 2 N–H and O–H groups in total. The van der Waals surface area contributed by atoms with Crippen LogP contribution in [0.2, 0.25) is 0 Å². The third-order valence-corrected chi connectivity index (χ3v) is 2.16. The molecule has 0 aromatic heterocycles. The Hall–Kier alpha value is -1.63. The van der Waals surface area contributed by atoms with Crippen molar-refractivity contribution in [3.63, 3.8) is 0 Å². The zero-order chi connectivity index (χ0) is 12.9. The summed E-state index contributed by atoms with van der Waals surface area (Å²) in [5.74, 6) is 0. The lowest BCUT2D eigenvalue weighted by atomic mass is 10.1. The molecule has 92 valence electrons. The summed E-state index contributed by atoms with van der Waals surface area (Å²) in [7, 11) is 1.58. The van der Waals surface area contributed by atoms with E-state index in [0.29, 0.717) is 0 Å². The van der Waals surface area contributed by atoms with Crippen molar-refractivity contribution in [1.29, 1.82) is 0 Å². The summed E-state index contributed by atoms with van der Waals surface area (Å²) in [6, 6.07) is 5.16. The summed E-state index contributed by atoms with van der Waals surface area (Å²) >= 11 is 4.72. The van der Waals surface area contributed by atoms with E-state index in [1.165, 1.54) is 18.2 Å². The van der Waals surface area contributed by atoms with Crippen LogP contribution in [0.1, 0.15) is 11.1 Å². The maximum absolute atomic E-state index is 12.6. The molecule has 7 heteroatoms. The zero-order valence-corrected chi connectivity index (χ0v) is 9.69. The molecule has 0 heterocycles. The van der Waals surface area contributed by atoms with Crippen LogP contribution in [0.15, 0.2) is 29.4 Å². The van der Waals surface area contributed by atoms with Crippen LogP contribution in [0.5, 0.6) is 0 Å². The Morgan fingerprint density at radius 2 is 2.00 bits per heavy atom. The minimum Gasteiger partial charge on any atom is -0.364 e. The van der Waals surface area contributed by atoms with Crippen LogP contribution >= 0.6 is 12.2 Å². The number of nitrogens with zero attached hydrogens (tertiary/aromatic N) is 1. The number of hydrogen-bond donors (Lipinski definition) is 2. The third kappa shape index (κ3) is 4.03. The van der Waals surface area contributed by atoms with E-state index in [0.717, 1.165) is 12.3 Å². The van der Waals surface area contributed by atoms with E-state index in [9.17, 15) is 13.2 Å². The lowest BCUT2D eigenvalue weighted by Gasteiger charge is -2.09. The Morgan fingerprint density at radius 3 is 2.59 bits per heavy atom. The van der Waals surface area contributed by atoms with E-state index in [4.69, 9.17) is 12.2 Å². The van der Waals surface area contributed by atoms with Crippen LogP contribution in [-0.2, 0) is 6.18 Å². The largest absolute Gasteiger partial charge is 0.417 e. The average Bonchev–Trinajstić information content (AvgIpc) is 2.28. The van der Waals surface area contributed by atoms with Crippen LogP contribution in [0, 0.1) is 0 Å². The number of halogens is 3. The van der Waals surface area contributed by atoms with Crippen molar-refractivity contribution in [1.82, 2.24) is 10.7 Å². The average molecular weight is 261 g/mol. The van der Waals surface area contributed by atoms with Gasteiger partial charge in [0.2, 0.25) is 0 Å². The predicted molar refractivity (Wildman–Crippen MR) is 63.8 cm³/mol. The monoisotopic (exact) mass is 261 g/mol. The molecule has 0 amide bonds. The molecule has 0 radical (unpaired) electrons. The molecule has 1 aromatic carbocycles. The molecule has 1 rings (SSSR count). The number of thiocarbonyl (C=S) groups is 1. The highest BCUT2D eigenvalue weighted by Gasteiger charge is 2.32. The molecule has 0 bridgehead atoms. The van der Waals surface area contributed by atoms with Gasteiger partial charge in [0.1, 0.15) is 0 Å². The summed E-state index contributed by atoms with van der Waals surface area (Å²) in [6.45, 7) is 0. The summed E-state index contributed by atoms with van der Waals surface area (Å²) in [5, 5.41) is 6.42. The van der Waals surface area contributed by atoms with Gasteiger partial charge in [-0.25, -0.2) is 0 Å². The van der Waals surface area contributed by atoms with Gasteiger partial charge in [-0.3, -0.25) is 5.43 Å². The second kappa shape index (κ2) is 5.62. The Bertz CT molecular complexity index is 429. The Labute approximate surface area is 102 Å². The van der Waals surface area contributed by atoms with E-state index >= 15 is 0 Å². The minimum atomic E-state index is -4.40. The Kier molecular flexibility index (Phi) is 4.45. The quantitative estimate of drug-likeness (QED) is 0.486. The molecule has 0 aliphatic rings. The molecule has 0 fully saturated rings. The first-order valence-corrected chi connectivity index (χ1v) is 5.03. The van der Waals surface area contributed by atoms with Crippen LogP contribution < -0.4 is 10.7 Å². The minimum absolute atomic E-state index is 0.0218. The number of rotatable bonds is 2. The molecule has 0 atom stereocenters. The highest BCUT2D eigenvalue weighted by Crippen LogP contribution is 2.30. The Balaban J connectivity index is 2.88. The van der Waals surface area contributed by atoms with Gasteiger partial charge in [-0.1, -0.05) is 18.2 Å². The van der Waals surface area contributed by atoms with Crippen molar-refractivity contribution in [3.05, 3.63) is 35.4 Å². The molecule has 0 unspecified atom stereocenters. The van der Waals surface area contributed by atoms with Crippen molar-refractivity contribution >= 4 is 23.5 Å². The van der Waals surface area contributed by atoms with Gasteiger partial charge in [0.05, 0.1) is 11.8 Å². The van der Waals surface area contributed by atoms with Gasteiger partial charge >= 0.3 is 6.18 Å². The molecule has 0 spiro atoms. The fourth-order valence-corrected chi connectivity index (χ4v) is 1.14. The molecule has 17 heavy (non-hydrogen) atoms. The van der Waals surface area contributed by atoms with E-state index in [2.05, 4.69) is 15.8 Å². The fraction of sp³-hybridized carbons (Fsp3) is 0.200. The summed E-state index contributed by atoms with van der Waals surface area (Å²) in [6.07, 6.45) is -3.32. The summed E-state index contributed by atoms with van der Waals surface area (Å²) in [4.78, 5) is 0. The molecule has 0 saturated heterocycles. The Morgan fingerprint density at radius 1 is 1.35 bits per heavy atom. The van der Waals surface area contributed by atoms with Crippen molar-refractivity contribution in [2.75, 3.05) is 7.05 Å². The molecule has 0 aliphatic carbocycles. The van der Waals surface area contributed by atoms with Crippen molar-refractivity contribution in [2.24, 2.45) is 5.10 Å². The van der Waals surface area contributed by atoms with Gasteiger partial charge in [0, 0.05) is 12.6 Å². The van der Waals surface area contributed by atoms with Crippen LogP contribution in [-0.4, -0.2) is 18.4 Å². The normalized spacial score (nSPS) is 11.5. The maximum Gasteiger partial charge on any atom is 0.417 e. The topological polar surface area (TPSA) is 36.4 Å². The number of benzene rings is 1. The molecular formula is C10H10F3N3S. The maximum atomic E-state index is 12.6. The zero-order valence-electron chi connectivity index (χ0n) is 8.88. The molecule has 0 saturated carbocycles. The van der Waals surface area contributed by atoms with E-state index in [1.54, 1.807) is 7.05 Å². The van der Waals surface area contributed by atoms with Gasteiger partial charge in [-0.2, -0.15) is 18.3 Å². The lowest BCUT2D eigenvalue weighted by molar-refractivity contribution is -0.137.